The van der Waals surface area contributed by atoms with E-state index in [1.807, 2.05) is 24.3 Å². The standard InChI is InChI=1S/C26H28N2O2S/c1-3-5-17-29-21-11-7-19(8-12-21)23-15-16-24(26-25(23)27-31-28-26)20-9-13-22(14-10-20)30-18-6-4-2/h7-16H,3-6,17-18H2,1-2H3. The zero-order valence-corrected chi connectivity index (χ0v) is 19.0. The van der Waals surface area contributed by atoms with Crippen LogP contribution in [0.3, 0.4) is 0 Å². The minimum absolute atomic E-state index is 0.757. The molecule has 0 aliphatic carbocycles. The summed E-state index contributed by atoms with van der Waals surface area (Å²) < 4.78 is 20.8. The number of hydrogen-bond donors (Lipinski definition) is 0. The van der Waals surface area contributed by atoms with Gasteiger partial charge in [-0.2, -0.15) is 8.75 Å². The Balaban J connectivity index is 1.57. The van der Waals surface area contributed by atoms with Gasteiger partial charge in [0.25, 0.3) is 0 Å². The highest BCUT2D eigenvalue weighted by molar-refractivity contribution is 7.00. The molecule has 5 heteroatoms. The molecule has 0 saturated heterocycles. The molecule has 1 heterocycles. The van der Waals surface area contributed by atoms with Crippen molar-refractivity contribution in [3.8, 4) is 33.8 Å². The first kappa shape index (κ1) is 21.3. The molecule has 0 spiro atoms. The monoisotopic (exact) mass is 432 g/mol. The highest BCUT2D eigenvalue weighted by atomic mass is 32.1. The second kappa shape index (κ2) is 10.4. The van der Waals surface area contributed by atoms with Crippen LogP contribution in [0.1, 0.15) is 39.5 Å². The first-order chi connectivity index (χ1) is 15.3. The van der Waals surface area contributed by atoms with E-state index in [0.717, 1.165) is 83.7 Å². The Morgan fingerprint density at radius 1 is 0.613 bits per heavy atom. The van der Waals surface area contributed by atoms with Crippen LogP contribution in [0.5, 0.6) is 11.5 Å². The average Bonchev–Trinajstić information content (AvgIpc) is 3.30. The predicted octanol–water partition coefficient (Wildman–Crippen LogP) is 7.38. The van der Waals surface area contributed by atoms with Crippen LogP contribution in [0.4, 0.5) is 0 Å². The van der Waals surface area contributed by atoms with Gasteiger partial charge in [-0.05, 0) is 48.2 Å². The van der Waals surface area contributed by atoms with Crippen LogP contribution >= 0.6 is 11.7 Å². The van der Waals surface area contributed by atoms with Gasteiger partial charge in [0, 0.05) is 11.1 Å². The number of unbranched alkanes of at least 4 members (excludes halogenated alkanes) is 2. The third-order valence-corrected chi connectivity index (χ3v) is 5.81. The maximum Gasteiger partial charge on any atom is 0.119 e. The van der Waals surface area contributed by atoms with E-state index in [-0.39, 0.29) is 0 Å². The normalized spacial score (nSPS) is 11.0. The largest absolute Gasteiger partial charge is 0.494 e. The molecule has 0 amide bonds. The number of rotatable bonds is 10. The quantitative estimate of drug-likeness (QED) is 0.245. The number of benzene rings is 3. The van der Waals surface area contributed by atoms with Gasteiger partial charge in [-0.15, -0.1) is 0 Å². The van der Waals surface area contributed by atoms with E-state index >= 15 is 0 Å². The molecule has 0 aliphatic rings. The van der Waals surface area contributed by atoms with E-state index in [2.05, 4.69) is 59.0 Å². The molecule has 0 fully saturated rings. The van der Waals surface area contributed by atoms with E-state index in [1.165, 1.54) is 11.7 Å². The number of hydrogen-bond acceptors (Lipinski definition) is 5. The summed E-state index contributed by atoms with van der Waals surface area (Å²) in [6, 6.07) is 20.8. The van der Waals surface area contributed by atoms with Crippen LogP contribution in [0.25, 0.3) is 33.3 Å². The molecule has 0 N–H and O–H groups in total. The summed E-state index contributed by atoms with van der Waals surface area (Å²) >= 11 is 1.25. The molecule has 0 saturated carbocycles. The molecule has 4 aromatic rings. The summed E-state index contributed by atoms with van der Waals surface area (Å²) in [6.07, 6.45) is 4.40. The maximum atomic E-state index is 5.79. The topological polar surface area (TPSA) is 44.2 Å². The number of nitrogens with zero attached hydrogens (tertiary/aromatic N) is 2. The van der Waals surface area contributed by atoms with E-state index < -0.39 is 0 Å². The van der Waals surface area contributed by atoms with Gasteiger partial charge in [0.1, 0.15) is 22.5 Å². The van der Waals surface area contributed by atoms with E-state index in [9.17, 15) is 0 Å². The van der Waals surface area contributed by atoms with Crippen molar-refractivity contribution in [2.45, 2.75) is 39.5 Å². The SMILES string of the molecule is CCCCOc1ccc(-c2ccc(-c3ccc(OCCCC)cc3)c3nsnc23)cc1. The van der Waals surface area contributed by atoms with Gasteiger partial charge in [0.05, 0.1) is 24.9 Å². The third-order valence-electron chi connectivity index (χ3n) is 5.28. The molecular formula is C26H28N2O2S. The fourth-order valence-electron chi connectivity index (χ4n) is 3.46. The molecule has 0 radical (unpaired) electrons. The first-order valence-electron chi connectivity index (χ1n) is 11.0. The van der Waals surface area contributed by atoms with Crippen molar-refractivity contribution >= 4 is 22.8 Å². The van der Waals surface area contributed by atoms with Crippen molar-refractivity contribution < 1.29 is 9.47 Å². The van der Waals surface area contributed by atoms with E-state index in [0.29, 0.717) is 0 Å². The van der Waals surface area contributed by atoms with Crippen molar-refractivity contribution in [1.29, 1.82) is 0 Å². The number of ether oxygens (including phenoxy) is 2. The smallest absolute Gasteiger partial charge is 0.119 e. The molecule has 0 aliphatic heterocycles. The molecule has 31 heavy (non-hydrogen) atoms. The fourth-order valence-corrected chi connectivity index (χ4v) is 4.04. The Hall–Kier alpha value is -2.92. The zero-order chi connectivity index (χ0) is 21.5. The Labute approximate surface area is 188 Å². The second-order valence-corrected chi connectivity index (χ2v) is 8.10. The van der Waals surface area contributed by atoms with Gasteiger partial charge in [0.2, 0.25) is 0 Å². The van der Waals surface area contributed by atoms with Crippen LogP contribution in [0, 0.1) is 0 Å². The van der Waals surface area contributed by atoms with Crippen molar-refractivity contribution in [3.63, 3.8) is 0 Å². The summed E-state index contributed by atoms with van der Waals surface area (Å²) in [4.78, 5) is 0. The molecule has 3 aromatic carbocycles. The average molecular weight is 433 g/mol. The number of aromatic nitrogens is 2. The van der Waals surface area contributed by atoms with Gasteiger partial charge >= 0.3 is 0 Å². The van der Waals surface area contributed by atoms with Crippen molar-refractivity contribution in [3.05, 3.63) is 60.7 Å². The van der Waals surface area contributed by atoms with E-state index in [4.69, 9.17) is 9.47 Å². The van der Waals surface area contributed by atoms with Gasteiger partial charge in [-0.1, -0.05) is 63.1 Å². The Bertz CT molecular complexity index is 1020. The minimum atomic E-state index is 0.757. The summed E-state index contributed by atoms with van der Waals surface area (Å²) in [5, 5.41) is 0. The zero-order valence-electron chi connectivity index (χ0n) is 18.1. The summed E-state index contributed by atoms with van der Waals surface area (Å²) in [5.74, 6) is 1.81. The molecule has 4 nitrogen and oxygen atoms in total. The van der Waals surface area contributed by atoms with Crippen molar-refractivity contribution in [1.82, 2.24) is 8.75 Å². The molecular weight excluding hydrogens is 404 g/mol. The summed E-state index contributed by atoms with van der Waals surface area (Å²) in [7, 11) is 0. The lowest BCUT2D eigenvalue weighted by molar-refractivity contribution is 0.309. The lowest BCUT2D eigenvalue weighted by atomic mass is 9.98. The van der Waals surface area contributed by atoms with Crippen LogP contribution in [0.2, 0.25) is 0 Å². The van der Waals surface area contributed by atoms with Crippen LogP contribution < -0.4 is 9.47 Å². The molecule has 160 valence electrons. The molecule has 0 bridgehead atoms. The van der Waals surface area contributed by atoms with Crippen LogP contribution in [-0.2, 0) is 0 Å². The first-order valence-corrected chi connectivity index (χ1v) is 11.7. The predicted molar refractivity (Wildman–Crippen MR) is 129 cm³/mol. The molecule has 1 aromatic heterocycles. The summed E-state index contributed by atoms with van der Waals surface area (Å²) in [6.45, 7) is 5.85. The summed E-state index contributed by atoms with van der Waals surface area (Å²) in [5.41, 5.74) is 6.29. The molecule has 0 unspecified atom stereocenters. The highest BCUT2D eigenvalue weighted by Crippen LogP contribution is 2.35. The van der Waals surface area contributed by atoms with Crippen molar-refractivity contribution in [2.24, 2.45) is 0 Å². The third kappa shape index (κ3) is 5.05. The van der Waals surface area contributed by atoms with Crippen LogP contribution in [0.15, 0.2) is 60.7 Å². The van der Waals surface area contributed by atoms with Gasteiger partial charge in [-0.25, -0.2) is 0 Å². The Morgan fingerprint density at radius 2 is 1.03 bits per heavy atom. The van der Waals surface area contributed by atoms with Gasteiger partial charge < -0.3 is 9.47 Å². The lowest BCUT2D eigenvalue weighted by Gasteiger charge is -2.10. The fraction of sp³-hybridized carbons (Fsp3) is 0.308. The maximum absolute atomic E-state index is 5.79. The Morgan fingerprint density at radius 3 is 1.42 bits per heavy atom. The number of fused-ring (bicyclic) bond motifs is 1. The van der Waals surface area contributed by atoms with Crippen molar-refractivity contribution in [2.75, 3.05) is 13.2 Å². The van der Waals surface area contributed by atoms with Gasteiger partial charge in [-0.3, -0.25) is 0 Å². The van der Waals surface area contributed by atoms with Crippen LogP contribution in [-0.4, -0.2) is 22.0 Å². The minimum Gasteiger partial charge on any atom is -0.494 e. The molecule has 0 atom stereocenters. The molecule has 4 rings (SSSR count). The van der Waals surface area contributed by atoms with Gasteiger partial charge in [0.15, 0.2) is 0 Å². The second-order valence-electron chi connectivity index (χ2n) is 7.57. The van der Waals surface area contributed by atoms with E-state index in [1.54, 1.807) is 0 Å². The Kier molecular flexibility index (Phi) is 7.15. The highest BCUT2D eigenvalue weighted by Gasteiger charge is 2.13. The lowest BCUT2D eigenvalue weighted by Crippen LogP contribution is -1.96.